The van der Waals surface area contributed by atoms with Gasteiger partial charge in [0.15, 0.2) is 11.6 Å². The van der Waals surface area contributed by atoms with Crippen LogP contribution in [0.2, 0.25) is 0 Å². The number of Topliss-reactive ketones (excluding diaryl/α,β-unsaturated/α-hetero) is 1. The summed E-state index contributed by atoms with van der Waals surface area (Å²) in [5.41, 5.74) is 5.00. The first kappa shape index (κ1) is 9.60. The second kappa shape index (κ2) is 3.95. The average molecular weight is 184 g/mol. The summed E-state index contributed by atoms with van der Waals surface area (Å²) in [5.74, 6) is -0.965. The summed E-state index contributed by atoms with van der Waals surface area (Å²) in [6.07, 6.45) is 0.932. The highest BCUT2D eigenvalue weighted by atomic mass is 19.1. The molecule has 0 bridgehead atoms. The van der Waals surface area contributed by atoms with Gasteiger partial charge in [0.2, 0.25) is 5.88 Å². The minimum absolute atomic E-state index is 0.0886. The van der Waals surface area contributed by atoms with Gasteiger partial charge in [-0.2, -0.15) is 0 Å². The molecular formula is C8H9FN2O2. The van der Waals surface area contributed by atoms with E-state index < -0.39 is 11.6 Å². The lowest BCUT2D eigenvalue weighted by Crippen LogP contribution is -2.15. The molecule has 4 nitrogen and oxygen atoms in total. The van der Waals surface area contributed by atoms with Gasteiger partial charge in [0.25, 0.3) is 0 Å². The van der Waals surface area contributed by atoms with Crippen molar-refractivity contribution in [3.8, 4) is 5.88 Å². The number of methoxy groups -OCH3 is 1. The second-order valence-electron chi connectivity index (χ2n) is 2.33. The highest BCUT2D eigenvalue weighted by molar-refractivity contribution is 5.97. The van der Waals surface area contributed by atoms with Crippen LogP contribution < -0.4 is 10.5 Å². The zero-order valence-corrected chi connectivity index (χ0v) is 7.08. The predicted molar refractivity (Wildman–Crippen MR) is 44.1 cm³/mol. The van der Waals surface area contributed by atoms with Crippen molar-refractivity contribution in [2.75, 3.05) is 13.7 Å². The van der Waals surface area contributed by atoms with Crippen molar-refractivity contribution in [3.05, 3.63) is 23.6 Å². The molecule has 0 aliphatic rings. The summed E-state index contributed by atoms with van der Waals surface area (Å²) in [7, 11) is 1.39. The van der Waals surface area contributed by atoms with Crippen molar-refractivity contribution < 1.29 is 13.9 Å². The van der Waals surface area contributed by atoms with Crippen molar-refractivity contribution in [3.63, 3.8) is 0 Å². The second-order valence-corrected chi connectivity index (χ2v) is 2.33. The molecule has 0 saturated heterocycles. The Bertz CT molecular complexity index is 328. The number of ether oxygens (including phenoxy) is 1. The van der Waals surface area contributed by atoms with Gasteiger partial charge in [-0.15, -0.1) is 0 Å². The summed E-state index contributed by atoms with van der Waals surface area (Å²) in [6, 6.07) is 1.23. The van der Waals surface area contributed by atoms with Gasteiger partial charge in [0, 0.05) is 6.07 Å². The fourth-order valence-electron chi connectivity index (χ4n) is 0.855. The Kier molecular flexibility index (Phi) is 2.92. The van der Waals surface area contributed by atoms with Gasteiger partial charge in [0.05, 0.1) is 25.4 Å². The average Bonchev–Trinajstić information content (AvgIpc) is 2.17. The maximum absolute atomic E-state index is 12.9. The van der Waals surface area contributed by atoms with Crippen LogP contribution in [-0.2, 0) is 0 Å². The number of carbonyl (C=O) groups is 1. The van der Waals surface area contributed by atoms with Crippen LogP contribution in [0.25, 0.3) is 0 Å². The number of nitrogens with zero attached hydrogens (tertiary/aromatic N) is 1. The third-order valence-electron chi connectivity index (χ3n) is 1.53. The van der Waals surface area contributed by atoms with Gasteiger partial charge >= 0.3 is 0 Å². The van der Waals surface area contributed by atoms with Gasteiger partial charge in [0.1, 0.15) is 0 Å². The molecule has 1 rings (SSSR count). The Labute approximate surface area is 74.5 Å². The van der Waals surface area contributed by atoms with Crippen LogP contribution in [-0.4, -0.2) is 24.4 Å². The van der Waals surface area contributed by atoms with E-state index in [2.05, 4.69) is 4.98 Å². The summed E-state index contributed by atoms with van der Waals surface area (Å²) in [4.78, 5) is 14.6. The number of nitrogens with two attached hydrogens (primary N) is 1. The Morgan fingerprint density at radius 3 is 3.00 bits per heavy atom. The number of ketones is 1. The fourth-order valence-corrected chi connectivity index (χ4v) is 0.855. The Hall–Kier alpha value is -1.49. The molecule has 0 aliphatic carbocycles. The van der Waals surface area contributed by atoms with Crippen molar-refractivity contribution in [2.45, 2.75) is 0 Å². The van der Waals surface area contributed by atoms with E-state index in [0.29, 0.717) is 0 Å². The van der Waals surface area contributed by atoms with Crippen molar-refractivity contribution in [2.24, 2.45) is 5.73 Å². The number of aromatic nitrogens is 1. The van der Waals surface area contributed by atoms with E-state index in [1.54, 1.807) is 0 Å². The molecule has 0 aliphatic heterocycles. The maximum Gasteiger partial charge on any atom is 0.213 e. The van der Waals surface area contributed by atoms with Crippen molar-refractivity contribution in [1.29, 1.82) is 0 Å². The molecule has 13 heavy (non-hydrogen) atoms. The monoisotopic (exact) mass is 184 g/mol. The van der Waals surface area contributed by atoms with E-state index in [4.69, 9.17) is 10.5 Å². The number of rotatable bonds is 3. The van der Waals surface area contributed by atoms with Crippen LogP contribution in [0.4, 0.5) is 4.39 Å². The Morgan fingerprint density at radius 2 is 2.46 bits per heavy atom. The number of pyridine rings is 1. The molecule has 1 aromatic heterocycles. The molecule has 0 unspecified atom stereocenters. The molecule has 0 atom stereocenters. The van der Waals surface area contributed by atoms with Gasteiger partial charge in [-0.05, 0) is 0 Å². The zero-order chi connectivity index (χ0) is 9.84. The van der Waals surface area contributed by atoms with E-state index in [0.717, 1.165) is 6.20 Å². The topological polar surface area (TPSA) is 65.2 Å². The summed E-state index contributed by atoms with van der Waals surface area (Å²) in [6.45, 7) is -0.232. The van der Waals surface area contributed by atoms with E-state index >= 15 is 0 Å². The van der Waals surface area contributed by atoms with Gasteiger partial charge in [-0.1, -0.05) is 0 Å². The molecule has 0 saturated carbocycles. The molecule has 0 spiro atoms. The van der Waals surface area contributed by atoms with Crippen molar-refractivity contribution in [1.82, 2.24) is 4.98 Å². The quantitative estimate of drug-likeness (QED) is 0.689. The van der Waals surface area contributed by atoms with Crippen LogP contribution in [0, 0.1) is 5.82 Å². The van der Waals surface area contributed by atoms with Crippen LogP contribution in [0.5, 0.6) is 5.88 Å². The zero-order valence-electron chi connectivity index (χ0n) is 7.08. The van der Waals surface area contributed by atoms with Crippen LogP contribution in [0.1, 0.15) is 10.4 Å². The molecule has 0 fully saturated rings. The first-order valence-electron chi connectivity index (χ1n) is 3.62. The lowest BCUT2D eigenvalue weighted by molar-refractivity contribution is 0.0997. The van der Waals surface area contributed by atoms with Crippen LogP contribution in [0.15, 0.2) is 12.3 Å². The third-order valence-corrected chi connectivity index (χ3v) is 1.53. The summed E-state index contributed by atoms with van der Waals surface area (Å²) in [5, 5.41) is 0. The maximum atomic E-state index is 12.9. The predicted octanol–water partition coefficient (Wildman–Crippen LogP) is 0.371. The highest BCUT2D eigenvalue weighted by Gasteiger charge is 2.11. The standard InChI is InChI=1S/C8H9FN2O2/c1-13-8-2-5(7(12)3-10)6(9)4-11-8/h2,4H,3,10H2,1H3. The molecule has 1 heterocycles. The number of hydrogen-bond donors (Lipinski definition) is 1. The van der Waals surface area contributed by atoms with Gasteiger partial charge in [-0.3, -0.25) is 4.79 Å². The molecule has 1 aromatic rings. The van der Waals surface area contributed by atoms with Gasteiger partial charge in [-0.25, -0.2) is 9.37 Å². The first-order valence-corrected chi connectivity index (χ1v) is 3.62. The fraction of sp³-hybridized carbons (Fsp3) is 0.250. The largest absolute Gasteiger partial charge is 0.481 e. The highest BCUT2D eigenvalue weighted by Crippen LogP contribution is 2.12. The lowest BCUT2D eigenvalue weighted by atomic mass is 10.1. The molecule has 5 heteroatoms. The molecule has 0 aromatic carbocycles. The minimum atomic E-state index is -0.684. The number of halogens is 1. The molecule has 0 radical (unpaired) electrons. The van der Waals surface area contributed by atoms with Gasteiger partial charge < -0.3 is 10.5 Å². The molecule has 0 amide bonds. The first-order chi connectivity index (χ1) is 6.19. The SMILES string of the molecule is COc1cc(C(=O)CN)c(F)cn1. The Morgan fingerprint density at radius 1 is 1.77 bits per heavy atom. The number of carbonyl (C=O) groups excluding carboxylic acids is 1. The summed E-state index contributed by atoms with van der Waals surface area (Å²) >= 11 is 0. The lowest BCUT2D eigenvalue weighted by Gasteiger charge is -2.02. The van der Waals surface area contributed by atoms with E-state index in [9.17, 15) is 9.18 Å². The van der Waals surface area contributed by atoms with Crippen LogP contribution in [0.3, 0.4) is 0 Å². The Balaban J connectivity index is 3.11. The summed E-state index contributed by atoms with van der Waals surface area (Å²) < 4.78 is 17.7. The molecule has 70 valence electrons. The van der Waals surface area contributed by atoms with E-state index in [-0.39, 0.29) is 18.0 Å². The normalized spacial score (nSPS) is 9.77. The molecule has 2 N–H and O–H groups in total. The minimum Gasteiger partial charge on any atom is -0.481 e. The molecular weight excluding hydrogens is 175 g/mol. The number of hydrogen-bond acceptors (Lipinski definition) is 4. The van der Waals surface area contributed by atoms with Crippen LogP contribution >= 0.6 is 0 Å². The van der Waals surface area contributed by atoms with E-state index in [1.165, 1.54) is 13.2 Å². The van der Waals surface area contributed by atoms with E-state index in [1.807, 2.05) is 0 Å². The smallest absolute Gasteiger partial charge is 0.213 e. The third kappa shape index (κ3) is 2.00. The van der Waals surface area contributed by atoms with Crippen molar-refractivity contribution >= 4 is 5.78 Å².